The molecular weight excluding hydrogens is 553 g/mol. The van der Waals surface area contributed by atoms with Crippen LogP contribution in [0.4, 0.5) is 5.69 Å². The predicted octanol–water partition coefficient (Wildman–Crippen LogP) is 5.72. The van der Waals surface area contributed by atoms with Crippen molar-refractivity contribution < 1.29 is 24.3 Å². The first-order chi connectivity index (χ1) is 16.2. The summed E-state index contributed by atoms with van der Waals surface area (Å²) in [5.41, 5.74) is 2.63. The van der Waals surface area contributed by atoms with Gasteiger partial charge in [0.2, 0.25) is 5.75 Å². The highest BCUT2D eigenvalue weighted by Crippen LogP contribution is 2.37. The summed E-state index contributed by atoms with van der Waals surface area (Å²) in [6, 6.07) is 12.0. The number of carbonyl (C=O) groups excluding carboxylic acids is 1. The Morgan fingerprint density at radius 3 is 2.71 bits per heavy atom. The molecule has 0 aliphatic rings. The molecule has 0 saturated heterocycles. The predicted molar refractivity (Wildman–Crippen MR) is 131 cm³/mol. The van der Waals surface area contributed by atoms with Crippen molar-refractivity contribution in [2.45, 2.75) is 6.61 Å². The molecule has 3 aromatic carbocycles. The summed E-state index contributed by atoms with van der Waals surface area (Å²) in [5, 5.41) is 25.7. The zero-order valence-electron chi connectivity index (χ0n) is 17.4. The number of nitrogens with one attached hydrogen (secondary N) is 1. The Morgan fingerprint density at radius 1 is 1.26 bits per heavy atom. The number of hydrazone groups is 1. The third-order valence-electron chi connectivity index (χ3n) is 4.47. The number of halogens is 3. The highest BCUT2D eigenvalue weighted by Gasteiger charge is 2.20. The minimum atomic E-state index is -0.816. The van der Waals surface area contributed by atoms with Crippen LogP contribution in [0.5, 0.6) is 17.2 Å². The van der Waals surface area contributed by atoms with Crippen LogP contribution in [-0.2, 0) is 6.61 Å². The maximum Gasteiger partial charge on any atom is 0.311 e. The quantitative estimate of drug-likeness (QED) is 0.203. The molecule has 0 radical (unpaired) electrons. The van der Waals surface area contributed by atoms with Crippen molar-refractivity contribution in [1.29, 1.82) is 0 Å². The summed E-state index contributed by atoms with van der Waals surface area (Å²) in [7, 11) is 1.47. The van der Waals surface area contributed by atoms with Gasteiger partial charge in [0.05, 0.1) is 28.3 Å². The normalized spacial score (nSPS) is 10.8. The molecule has 3 aromatic rings. The Labute approximate surface area is 212 Å². The molecule has 1 amide bonds. The minimum absolute atomic E-state index is 0.168. The molecule has 0 atom stereocenters. The number of hydrogen-bond donors (Lipinski definition) is 2. The molecule has 0 unspecified atom stereocenters. The summed E-state index contributed by atoms with van der Waals surface area (Å²) in [6.07, 6.45) is 1.33. The lowest BCUT2D eigenvalue weighted by Gasteiger charge is -2.14. The zero-order valence-corrected chi connectivity index (χ0v) is 20.5. The summed E-state index contributed by atoms with van der Waals surface area (Å²) in [4.78, 5) is 22.4. The summed E-state index contributed by atoms with van der Waals surface area (Å²) < 4.78 is 11.8. The first kappa shape index (κ1) is 25.3. The van der Waals surface area contributed by atoms with Crippen LogP contribution in [0.15, 0.2) is 58.1 Å². The molecule has 0 aliphatic heterocycles. The number of ether oxygens (including phenoxy) is 2. The van der Waals surface area contributed by atoms with Gasteiger partial charge >= 0.3 is 5.69 Å². The number of para-hydroxylation sites is 1. The molecule has 0 bridgehead atoms. The fraction of sp³-hybridized carbons (Fsp3) is 0.0909. The van der Waals surface area contributed by atoms with Gasteiger partial charge in [0.1, 0.15) is 6.61 Å². The summed E-state index contributed by atoms with van der Waals surface area (Å²) >= 11 is 15.5. The van der Waals surface area contributed by atoms with Crippen LogP contribution in [0.1, 0.15) is 21.5 Å². The van der Waals surface area contributed by atoms with Gasteiger partial charge in [-0.3, -0.25) is 14.9 Å². The number of nitrogens with zero attached hydrogens (tertiary/aromatic N) is 2. The van der Waals surface area contributed by atoms with E-state index in [1.165, 1.54) is 25.5 Å². The molecule has 3 rings (SSSR count). The lowest BCUT2D eigenvalue weighted by atomic mass is 10.1. The molecule has 0 saturated carbocycles. The molecule has 0 aliphatic carbocycles. The Morgan fingerprint density at radius 2 is 2.03 bits per heavy atom. The van der Waals surface area contributed by atoms with Gasteiger partial charge in [-0.2, -0.15) is 5.10 Å². The lowest BCUT2D eigenvalue weighted by Crippen LogP contribution is -2.18. The van der Waals surface area contributed by atoms with E-state index in [1.807, 2.05) is 0 Å². The zero-order chi connectivity index (χ0) is 24.8. The Hall–Kier alpha value is -3.34. The maximum absolute atomic E-state index is 12.3. The average molecular weight is 569 g/mol. The third-order valence-corrected chi connectivity index (χ3v) is 5.65. The standard InChI is InChI=1S/C22H16BrCl2N3O6/c1-33-19-8-12(7-16(23)21(19)34-11-13-5-6-14(24)9-17(13)25)10-26-27-22(30)15-3-2-4-18(20(15)29)28(31)32/h2-10,29H,11H2,1H3,(H,27,30)/b26-10-. The number of aromatic hydroxyl groups is 1. The molecule has 9 nitrogen and oxygen atoms in total. The van der Waals surface area contributed by atoms with E-state index in [4.69, 9.17) is 32.7 Å². The Kier molecular flexibility index (Phi) is 8.32. The first-order valence-corrected chi connectivity index (χ1v) is 11.0. The van der Waals surface area contributed by atoms with Gasteiger partial charge in [-0.1, -0.05) is 35.3 Å². The van der Waals surface area contributed by atoms with Gasteiger partial charge < -0.3 is 14.6 Å². The molecule has 0 spiro atoms. The third kappa shape index (κ3) is 5.96. The van der Waals surface area contributed by atoms with Crippen LogP contribution in [0.25, 0.3) is 0 Å². The van der Waals surface area contributed by atoms with Gasteiger partial charge in [0.25, 0.3) is 5.91 Å². The van der Waals surface area contributed by atoms with Crippen LogP contribution in [0.2, 0.25) is 10.0 Å². The van der Waals surface area contributed by atoms with Crippen LogP contribution < -0.4 is 14.9 Å². The smallest absolute Gasteiger partial charge is 0.311 e. The highest BCUT2D eigenvalue weighted by molar-refractivity contribution is 9.10. The molecule has 12 heteroatoms. The van der Waals surface area contributed by atoms with E-state index in [-0.39, 0.29) is 12.2 Å². The van der Waals surface area contributed by atoms with E-state index in [0.29, 0.717) is 31.6 Å². The van der Waals surface area contributed by atoms with E-state index >= 15 is 0 Å². The summed E-state index contributed by atoms with van der Waals surface area (Å²) in [5.74, 6) is -0.741. The van der Waals surface area contributed by atoms with E-state index in [2.05, 4.69) is 26.5 Å². The van der Waals surface area contributed by atoms with Crippen LogP contribution in [0.3, 0.4) is 0 Å². The van der Waals surface area contributed by atoms with E-state index < -0.39 is 22.3 Å². The molecule has 2 N–H and O–H groups in total. The molecule has 0 aromatic heterocycles. The van der Waals surface area contributed by atoms with Gasteiger partial charge in [0, 0.05) is 21.7 Å². The van der Waals surface area contributed by atoms with Crippen molar-refractivity contribution in [3.8, 4) is 17.2 Å². The van der Waals surface area contributed by atoms with E-state index in [9.17, 15) is 20.0 Å². The second-order valence-corrected chi connectivity index (χ2v) is 8.39. The highest BCUT2D eigenvalue weighted by atomic mass is 79.9. The van der Waals surface area contributed by atoms with Crippen molar-refractivity contribution in [2.24, 2.45) is 5.10 Å². The van der Waals surface area contributed by atoms with Crippen molar-refractivity contribution in [1.82, 2.24) is 5.43 Å². The molecule has 0 heterocycles. The second-order valence-electron chi connectivity index (χ2n) is 6.69. The molecule has 0 fully saturated rings. The van der Waals surface area contributed by atoms with Crippen LogP contribution in [-0.4, -0.2) is 29.3 Å². The molecule has 176 valence electrons. The van der Waals surface area contributed by atoms with Gasteiger partial charge in [-0.25, -0.2) is 5.43 Å². The van der Waals surface area contributed by atoms with Gasteiger partial charge in [-0.05, 0) is 51.8 Å². The fourth-order valence-electron chi connectivity index (χ4n) is 2.83. The average Bonchev–Trinajstić information content (AvgIpc) is 2.79. The Bertz CT molecular complexity index is 1290. The van der Waals surface area contributed by atoms with Crippen molar-refractivity contribution >= 4 is 56.9 Å². The number of rotatable bonds is 8. The number of benzene rings is 3. The number of nitro groups is 1. The van der Waals surface area contributed by atoms with E-state index in [0.717, 1.165) is 11.6 Å². The molecular formula is C22H16BrCl2N3O6. The number of phenolic OH excluding ortho intramolecular Hbond substituents is 1. The number of carbonyl (C=O) groups is 1. The maximum atomic E-state index is 12.3. The number of amides is 1. The topological polar surface area (TPSA) is 123 Å². The lowest BCUT2D eigenvalue weighted by molar-refractivity contribution is -0.385. The monoisotopic (exact) mass is 567 g/mol. The molecule has 34 heavy (non-hydrogen) atoms. The minimum Gasteiger partial charge on any atom is -0.502 e. The number of phenols is 1. The summed E-state index contributed by atoms with van der Waals surface area (Å²) in [6.45, 7) is 0.168. The largest absolute Gasteiger partial charge is 0.502 e. The Balaban J connectivity index is 1.73. The number of methoxy groups -OCH3 is 1. The second kappa shape index (κ2) is 11.2. The van der Waals surface area contributed by atoms with E-state index in [1.54, 1.807) is 30.3 Å². The van der Waals surface area contributed by atoms with Crippen LogP contribution in [0, 0.1) is 10.1 Å². The van der Waals surface area contributed by atoms with Crippen molar-refractivity contribution in [2.75, 3.05) is 7.11 Å². The van der Waals surface area contributed by atoms with Crippen LogP contribution >= 0.6 is 39.1 Å². The van der Waals surface area contributed by atoms with Gasteiger partial charge in [0.15, 0.2) is 11.5 Å². The SMILES string of the molecule is COc1cc(/C=N\NC(=O)c2cccc([N+](=O)[O-])c2O)cc(Br)c1OCc1ccc(Cl)cc1Cl. The first-order valence-electron chi connectivity index (χ1n) is 9.45. The number of hydrogen-bond acceptors (Lipinski definition) is 7. The fourth-order valence-corrected chi connectivity index (χ4v) is 3.87. The van der Waals surface area contributed by atoms with Crippen molar-refractivity contribution in [3.63, 3.8) is 0 Å². The van der Waals surface area contributed by atoms with Crippen molar-refractivity contribution in [3.05, 3.63) is 89.9 Å². The van der Waals surface area contributed by atoms with Gasteiger partial charge in [-0.15, -0.1) is 0 Å². The number of nitro benzene ring substituents is 1.